The summed E-state index contributed by atoms with van der Waals surface area (Å²) in [5.41, 5.74) is 0. The zero-order chi connectivity index (χ0) is 10.7. The molecule has 0 saturated carbocycles. The van der Waals surface area contributed by atoms with Crippen molar-refractivity contribution in [2.75, 3.05) is 0 Å². The summed E-state index contributed by atoms with van der Waals surface area (Å²) in [7, 11) is -10.9. The van der Waals surface area contributed by atoms with E-state index < -0.39 is 24.8 Å². The second kappa shape index (κ2) is 25.1. The quantitative estimate of drug-likeness (QED) is 0.276. The minimum atomic E-state index is -3.63. The van der Waals surface area contributed by atoms with Gasteiger partial charge in [0.25, 0.3) is 0 Å². The van der Waals surface area contributed by atoms with E-state index in [1.54, 1.807) is 0 Å². The fourth-order valence-corrected chi connectivity index (χ4v) is 0. The van der Waals surface area contributed by atoms with Crippen LogP contribution in [0.4, 0.5) is 0 Å². The molecule has 9 nitrogen and oxygen atoms in total. The number of rotatable bonds is 0. The summed E-state index contributed by atoms with van der Waals surface area (Å²) < 4.78 is 25.6. The van der Waals surface area contributed by atoms with E-state index >= 15 is 0 Å². The Morgan fingerprint density at radius 1 is 0.500 bits per heavy atom. The van der Waals surface area contributed by atoms with E-state index in [1.165, 1.54) is 0 Å². The van der Waals surface area contributed by atoms with Gasteiger partial charge in [-0.3, -0.25) is 0 Å². The molecule has 0 saturated heterocycles. The molecule has 80 valence electrons. The van der Waals surface area contributed by atoms with Gasteiger partial charge in [-0.1, -0.05) is 24.8 Å². The molecular weight excluding hydrogens is 525 g/mol. The Kier molecular flexibility index (Phi) is 54.4. The zero-order valence-electron chi connectivity index (χ0n) is 6.17. The molecule has 2 radical (unpaired) electrons. The Morgan fingerprint density at radius 3 is 0.500 bits per heavy atom. The third kappa shape index (κ3) is 306. The number of hydrogen-bond acceptors (Lipinski definition) is 9. The molecule has 0 spiro atoms. The van der Waals surface area contributed by atoms with Crippen LogP contribution in [-0.4, -0.2) is 0 Å². The molecule has 14 heavy (non-hydrogen) atoms. The third-order valence-corrected chi connectivity index (χ3v) is 0. The second-order valence-corrected chi connectivity index (χ2v) is 2.25. The SMILES string of the molecule is O=[PH]([O-])[O-].O=[PH]([O-])[O-].O=[PH]([O-])[O-].[Nd+3].[Nd+3]. The van der Waals surface area contributed by atoms with Crippen LogP contribution < -0.4 is 29.4 Å². The molecule has 0 aromatic rings. The van der Waals surface area contributed by atoms with Crippen LogP contribution >= 0.6 is 24.8 Å². The van der Waals surface area contributed by atoms with Crippen LogP contribution in [0.1, 0.15) is 0 Å². The van der Waals surface area contributed by atoms with Crippen molar-refractivity contribution in [3.63, 3.8) is 0 Å². The first-order chi connectivity index (χ1) is 5.20. The largest absolute Gasteiger partial charge is 3.00 e. The van der Waals surface area contributed by atoms with Gasteiger partial charge in [0, 0.05) is 0 Å². The van der Waals surface area contributed by atoms with E-state index in [-0.39, 0.29) is 81.7 Å². The fraction of sp³-hybridized carbons (Fsp3) is 0. The topological polar surface area (TPSA) is 190 Å². The van der Waals surface area contributed by atoms with E-state index in [2.05, 4.69) is 0 Å². The van der Waals surface area contributed by atoms with Crippen molar-refractivity contribution < 1.29 is 125 Å². The predicted octanol–water partition coefficient (Wildman–Crippen LogP) is -5.71. The molecule has 0 aliphatic rings. The molecule has 0 aliphatic carbocycles. The van der Waals surface area contributed by atoms with Gasteiger partial charge in [0.2, 0.25) is 0 Å². The molecule has 0 heterocycles. The van der Waals surface area contributed by atoms with Crippen molar-refractivity contribution in [2.24, 2.45) is 0 Å². The van der Waals surface area contributed by atoms with Gasteiger partial charge < -0.3 is 43.1 Å². The molecule has 0 amide bonds. The van der Waals surface area contributed by atoms with Crippen molar-refractivity contribution in [3.05, 3.63) is 0 Å². The second-order valence-electron chi connectivity index (χ2n) is 0.750. The Bertz CT molecular complexity index is 116. The first kappa shape index (κ1) is 30.3. The fourth-order valence-electron chi connectivity index (χ4n) is 0. The van der Waals surface area contributed by atoms with E-state index in [1.807, 2.05) is 0 Å². The van der Waals surface area contributed by atoms with Crippen LogP contribution in [0.3, 0.4) is 0 Å². The van der Waals surface area contributed by atoms with Crippen LogP contribution in [0.15, 0.2) is 0 Å². The first-order valence-electron chi connectivity index (χ1n) is 1.84. The summed E-state index contributed by atoms with van der Waals surface area (Å²) in [6.07, 6.45) is 0. The Morgan fingerprint density at radius 2 is 0.500 bits per heavy atom. The van der Waals surface area contributed by atoms with Gasteiger partial charge in [0.05, 0.1) is 0 Å². The van der Waals surface area contributed by atoms with Crippen LogP contribution in [0, 0.1) is 81.7 Å². The van der Waals surface area contributed by atoms with Crippen molar-refractivity contribution in [3.8, 4) is 0 Å². The van der Waals surface area contributed by atoms with Crippen molar-refractivity contribution >= 4 is 24.8 Å². The third-order valence-electron chi connectivity index (χ3n) is 0. The molecule has 0 aromatic heterocycles. The molecule has 0 aromatic carbocycles. The average molecular weight is 528 g/mol. The normalized spacial score (nSPS) is 7.50. The summed E-state index contributed by atoms with van der Waals surface area (Å²) in [5.74, 6) is 0. The van der Waals surface area contributed by atoms with Crippen LogP contribution in [0.5, 0.6) is 0 Å². The summed E-state index contributed by atoms with van der Waals surface area (Å²) in [4.78, 5) is 51.1. The van der Waals surface area contributed by atoms with Gasteiger partial charge in [-0.25, -0.2) is 0 Å². The van der Waals surface area contributed by atoms with E-state index in [0.717, 1.165) is 0 Å². The molecule has 0 N–H and O–H groups in total. The molecule has 14 heteroatoms. The van der Waals surface area contributed by atoms with Crippen LogP contribution in [0.25, 0.3) is 0 Å². The van der Waals surface area contributed by atoms with Gasteiger partial charge in [-0.15, -0.1) is 0 Å². The molecule has 0 unspecified atom stereocenters. The maximum Gasteiger partial charge on any atom is 3.00 e. The first-order valence-corrected chi connectivity index (χ1v) is 5.51. The number of hydrogen-bond donors (Lipinski definition) is 0. The van der Waals surface area contributed by atoms with Gasteiger partial charge in [-0.2, -0.15) is 0 Å². The van der Waals surface area contributed by atoms with Gasteiger partial charge >= 0.3 is 81.7 Å². The molecule has 0 rings (SSSR count). The minimum absolute atomic E-state index is 0. The van der Waals surface area contributed by atoms with Crippen molar-refractivity contribution in [1.29, 1.82) is 0 Å². The standard InChI is InChI=1S/2Nd.3H3O3P/c;;3*1-4(2)3/h;;3*4H,(H2,1,2,3)/q2*+3;;;/p-6. The van der Waals surface area contributed by atoms with Gasteiger partial charge in [0.15, 0.2) is 0 Å². The van der Waals surface area contributed by atoms with Crippen LogP contribution in [-0.2, 0) is 13.7 Å². The summed E-state index contributed by atoms with van der Waals surface area (Å²) in [6, 6.07) is 0. The predicted molar refractivity (Wildman–Crippen MR) is 27.0 cm³/mol. The molecule has 0 bridgehead atoms. The molecule has 0 aliphatic heterocycles. The molecule has 0 fully saturated rings. The van der Waals surface area contributed by atoms with Crippen molar-refractivity contribution in [2.45, 2.75) is 0 Å². The van der Waals surface area contributed by atoms with Crippen LogP contribution in [0.2, 0.25) is 0 Å². The maximum absolute atomic E-state index is 8.52. The Hall–Kier alpha value is 3.15. The average Bonchev–Trinajstić information content (AvgIpc) is 1.54. The smallest absolute Gasteiger partial charge is 0.813 e. The van der Waals surface area contributed by atoms with E-state index in [0.29, 0.717) is 0 Å². The van der Waals surface area contributed by atoms with E-state index in [4.69, 9.17) is 43.1 Å². The van der Waals surface area contributed by atoms with Gasteiger partial charge in [0.1, 0.15) is 0 Å². The molecular formula is H3Nd2O9P3. The van der Waals surface area contributed by atoms with E-state index in [9.17, 15) is 0 Å². The Balaban J connectivity index is -0.0000000270. The van der Waals surface area contributed by atoms with Crippen molar-refractivity contribution in [1.82, 2.24) is 0 Å². The summed E-state index contributed by atoms with van der Waals surface area (Å²) >= 11 is 0. The Labute approximate surface area is 147 Å². The summed E-state index contributed by atoms with van der Waals surface area (Å²) in [6.45, 7) is 0. The minimum Gasteiger partial charge on any atom is -0.813 e. The molecule has 0 atom stereocenters. The summed E-state index contributed by atoms with van der Waals surface area (Å²) in [5, 5.41) is 0. The van der Waals surface area contributed by atoms with Gasteiger partial charge in [-0.05, 0) is 0 Å². The monoisotopic (exact) mass is 524 g/mol. The maximum atomic E-state index is 8.52. The zero-order valence-corrected chi connectivity index (χ0v) is 15.6.